The summed E-state index contributed by atoms with van der Waals surface area (Å²) < 4.78 is 7.34. The standard InChI is InChI=1S/C17H23ClN6O2/c1-17(2,3)26-16(25)23-6-4-5-12(10-23)24-9-11(8-20-24)13-7-14(18)21-22-15(13)19/h7-9,12H,4-6,10H2,1-3H3,(H2,19,22). The number of nitrogens with two attached hydrogens (primary N) is 1. The first-order valence-electron chi connectivity index (χ1n) is 8.54. The lowest BCUT2D eigenvalue weighted by molar-refractivity contribution is 0.0167. The molecule has 26 heavy (non-hydrogen) atoms. The van der Waals surface area contributed by atoms with Crippen molar-refractivity contribution in [1.82, 2.24) is 24.9 Å². The molecule has 8 nitrogen and oxygen atoms in total. The number of rotatable bonds is 2. The van der Waals surface area contributed by atoms with Crippen LogP contribution in [0.1, 0.15) is 39.7 Å². The molecule has 0 radical (unpaired) electrons. The van der Waals surface area contributed by atoms with E-state index in [4.69, 9.17) is 22.1 Å². The number of hydrogen-bond acceptors (Lipinski definition) is 6. The molecule has 1 amide bonds. The Bertz CT molecular complexity index is 801. The van der Waals surface area contributed by atoms with Crippen molar-refractivity contribution in [3.63, 3.8) is 0 Å². The first-order chi connectivity index (χ1) is 12.2. The van der Waals surface area contributed by atoms with Crippen molar-refractivity contribution in [3.8, 4) is 11.1 Å². The Kier molecular flexibility index (Phi) is 5.04. The predicted molar refractivity (Wildman–Crippen MR) is 98.8 cm³/mol. The quantitative estimate of drug-likeness (QED) is 0.861. The minimum atomic E-state index is -0.506. The minimum absolute atomic E-state index is 0.0801. The van der Waals surface area contributed by atoms with Gasteiger partial charge in [-0.05, 0) is 39.7 Å². The Morgan fingerprint density at radius 2 is 2.15 bits per heavy atom. The fourth-order valence-corrected chi connectivity index (χ4v) is 3.10. The summed E-state index contributed by atoms with van der Waals surface area (Å²) in [6, 6.07) is 1.75. The van der Waals surface area contributed by atoms with E-state index in [2.05, 4.69) is 15.3 Å². The van der Waals surface area contributed by atoms with E-state index in [1.165, 1.54) is 0 Å². The average Bonchev–Trinajstić information content (AvgIpc) is 3.05. The fraction of sp³-hybridized carbons (Fsp3) is 0.529. The zero-order valence-electron chi connectivity index (χ0n) is 15.1. The average molecular weight is 379 g/mol. The summed E-state index contributed by atoms with van der Waals surface area (Å²) in [5, 5.41) is 12.3. The van der Waals surface area contributed by atoms with Crippen LogP contribution in [0, 0.1) is 0 Å². The third-order valence-corrected chi connectivity index (χ3v) is 4.31. The summed E-state index contributed by atoms with van der Waals surface area (Å²) in [4.78, 5) is 14.1. The second-order valence-corrected chi connectivity index (χ2v) is 7.78. The number of ether oxygens (including phenoxy) is 1. The van der Waals surface area contributed by atoms with Crippen LogP contribution in [0.2, 0.25) is 5.15 Å². The van der Waals surface area contributed by atoms with Gasteiger partial charge in [0.05, 0.1) is 12.2 Å². The number of aromatic nitrogens is 4. The van der Waals surface area contributed by atoms with Crippen LogP contribution in [0.25, 0.3) is 11.1 Å². The molecular formula is C17H23ClN6O2. The van der Waals surface area contributed by atoms with Crippen molar-refractivity contribution in [2.45, 2.75) is 45.3 Å². The van der Waals surface area contributed by atoms with E-state index < -0.39 is 5.60 Å². The number of piperidine rings is 1. The van der Waals surface area contributed by atoms with E-state index in [0.717, 1.165) is 18.4 Å². The Morgan fingerprint density at radius 3 is 2.88 bits per heavy atom. The molecule has 0 aliphatic carbocycles. The molecule has 2 aromatic rings. The van der Waals surface area contributed by atoms with Gasteiger partial charge >= 0.3 is 6.09 Å². The number of halogens is 1. The number of carbonyl (C=O) groups is 1. The molecule has 3 rings (SSSR count). The zero-order chi connectivity index (χ0) is 18.9. The molecule has 0 spiro atoms. The molecule has 0 aromatic carbocycles. The maximum Gasteiger partial charge on any atom is 0.410 e. The van der Waals surface area contributed by atoms with Gasteiger partial charge in [-0.2, -0.15) is 5.10 Å². The maximum absolute atomic E-state index is 12.3. The third kappa shape index (κ3) is 4.24. The molecule has 1 aliphatic heterocycles. The van der Waals surface area contributed by atoms with E-state index in [9.17, 15) is 4.79 Å². The molecule has 0 bridgehead atoms. The van der Waals surface area contributed by atoms with Crippen molar-refractivity contribution < 1.29 is 9.53 Å². The lowest BCUT2D eigenvalue weighted by Gasteiger charge is -2.34. The predicted octanol–water partition coefficient (Wildman–Crippen LogP) is 3.15. The van der Waals surface area contributed by atoms with Gasteiger partial charge in [-0.25, -0.2) is 4.79 Å². The van der Waals surface area contributed by atoms with Crippen LogP contribution in [0.4, 0.5) is 10.6 Å². The molecule has 1 saturated heterocycles. The molecule has 2 N–H and O–H groups in total. The van der Waals surface area contributed by atoms with Gasteiger partial charge in [0.1, 0.15) is 5.60 Å². The second kappa shape index (κ2) is 7.11. The van der Waals surface area contributed by atoms with Crippen LogP contribution in [0.5, 0.6) is 0 Å². The highest BCUT2D eigenvalue weighted by Gasteiger charge is 2.29. The maximum atomic E-state index is 12.3. The fourth-order valence-electron chi connectivity index (χ4n) is 2.95. The van der Waals surface area contributed by atoms with Gasteiger partial charge in [0, 0.05) is 30.4 Å². The Labute approximate surface area is 157 Å². The summed E-state index contributed by atoms with van der Waals surface area (Å²) in [7, 11) is 0. The van der Waals surface area contributed by atoms with Gasteiger partial charge in [-0.1, -0.05) is 11.6 Å². The molecule has 2 aromatic heterocycles. The highest BCUT2D eigenvalue weighted by atomic mass is 35.5. The zero-order valence-corrected chi connectivity index (χ0v) is 15.9. The summed E-state index contributed by atoms with van der Waals surface area (Å²) in [6.45, 7) is 6.84. The molecule has 140 valence electrons. The lowest BCUT2D eigenvalue weighted by atomic mass is 10.1. The van der Waals surface area contributed by atoms with Crippen LogP contribution in [-0.4, -0.2) is 49.7 Å². The second-order valence-electron chi connectivity index (χ2n) is 7.40. The summed E-state index contributed by atoms with van der Waals surface area (Å²) in [5.41, 5.74) is 6.89. The Balaban J connectivity index is 1.75. The number of hydrogen-bond donors (Lipinski definition) is 1. The van der Waals surface area contributed by atoms with Crippen LogP contribution in [0.3, 0.4) is 0 Å². The number of nitrogens with zero attached hydrogens (tertiary/aromatic N) is 5. The normalized spacial score (nSPS) is 18.0. The van der Waals surface area contributed by atoms with Gasteiger partial charge in [-0.15, -0.1) is 10.2 Å². The molecule has 1 unspecified atom stereocenters. The summed E-state index contributed by atoms with van der Waals surface area (Å²) in [6.07, 6.45) is 5.15. The molecule has 9 heteroatoms. The lowest BCUT2D eigenvalue weighted by Crippen LogP contribution is -2.43. The first kappa shape index (κ1) is 18.4. The van der Waals surface area contributed by atoms with Gasteiger partial charge < -0.3 is 15.4 Å². The van der Waals surface area contributed by atoms with Gasteiger partial charge in [0.15, 0.2) is 11.0 Å². The number of likely N-dealkylation sites (tertiary alicyclic amines) is 1. The van der Waals surface area contributed by atoms with Gasteiger partial charge in [0.2, 0.25) is 0 Å². The monoisotopic (exact) mass is 378 g/mol. The highest BCUT2D eigenvalue weighted by molar-refractivity contribution is 6.29. The van der Waals surface area contributed by atoms with E-state index in [1.54, 1.807) is 17.2 Å². The number of amides is 1. The SMILES string of the molecule is CC(C)(C)OC(=O)N1CCCC(n2cc(-c3cc(Cl)nnc3N)cn2)C1. The minimum Gasteiger partial charge on any atom is -0.444 e. The molecule has 3 heterocycles. The topological polar surface area (TPSA) is 99.2 Å². The van der Waals surface area contributed by atoms with Crippen LogP contribution < -0.4 is 5.73 Å². The number of nitrogen functional groups attached to an aromatic ring is 1. The largest absolute Gasteiger partial charge is 0.444 e. The molecule has 1 atom stereocenters. The van der Waals surface area contributed by atoms with Crippen molar-refractivity contribution >= 4 is 23.5 Å². The number of carbonyl (C=O) groups excluding carboxylic acids is 1. The number of anilines is 1. The van der Waals surface area contributed by atoms with Crippen molar-refractivity contribution in [3.05, 3.63) is 23.6 Å². The highest BCUT2D eigenvalue weighted by Crippen LogP contribution is 2.28. The van der Waals surface area contributed by atoms with Gasteiger partial charge in [-0.3, -0.25) is 4.68 Å². The molecule has 0 saturated carbocycles. The Hall–Kier alpha value is -2.35. The van der Waals surface area contributed by atoms with Crippen LogP contribution >= 0.6 is 11.6 Å². The van der Waals surface area contributed by atoms with E-state index in [-0.39, 0.29) is 17.3 Å². The van der Waals surface area contributed by atoms with E-state index in [0.29, 0.717) is 24.5 Å². The van der Waals surface area contributed by atoms with E-state index >= 15 is 0 Å². The molecule has 1 fully saturated rings. The van der Waals surface area contributed by atoms with E-state index in [1.807, 2.05) is 31.6 Å². The van der Waals surface area contributed by atoms with Crippen molar-refractivity contribution in [2.24, 2.45) is 0 Å². The third-order valence-electron chi connectivity index (χ3n) is 4.13. The Morgan fingerprint density at radius 1 is 1.38 bits per heavy atom. The first-order valence-corrected chi connectivity index (χ1v) is 8.92. The summed E-state index contributed by atoms with van der Waals surface area (Å²) in [5.74, 6) is 0.299. The smallest absolute Gasteiger partial charge is 0.410 e. The van der Waals surface area contributed by atoms with Crippen LogP contribution in [0.15, 0.2) is 18.5 Å². The van der Waals surface area contributed by atoms with Crippen LogP contribution in [-0.2, 0) is 4.74 Å². The molecular weight excluding hydrogens is 356 g/mol. The van der Waals surface area contributed by atoms with Gasteiger partial charge in [0.25, 0.3) is 0 Å². The molecule has 1 aliphatic rings. The summed E-state index contributed by atoms with van der Waals surface area (Å²) >= 11 is 5.91. The van der Waals surface area contributed by atoms with Crippen molar-refractivity contribution in [2.75, 3.05) is 18.8 Å². The van der Waals surface area contributed by atoms with Crippen molar-refractivity contribution in [1.29, 1.82) is 0 Å².